The lowest BCUT2D eigenvalue weighted by Gasteiger charge is -2.36. The van der Waals surface area contributed by atoms with Crippen LogP contribution in [-0.4, -0.2) is 23.7 Å². The first kappa shape index (κ1) is 22.6. The zero-order chi connectivity index (χ0) is 25.6. The number of ether oxygens (including phenoxy) is 4. The fraction of sp³-hybridized carbons (Fsp3) is 0.138. The number of esters is 1. The van der Waals surface area contributed by atoms with Crippen molar-refractivity contribution in [3.05, 3.63) is 113 Å². The second kappa shape index (κ2) is 8.67. The Kier molecular flexibility index (Phi) is 5.30. The molecule has 184 valence electrons. The molecule has 0 saturated carbocycles. The van der Waals surface area contributed by atoms with E-state index in [9.17, 15) is 9.59 Å². The van der Waals surface area contributed by atoms with E-state index in [1.165, 1.54) is 0 Å². The topological polar surface area (TPSA) is 95.2 Å². The van der Waals surface area contributed by atoms with Crippen molar-refractivity contribution in [2.45, 2.75) is 12.2 Å². The first-order valence-electron chi connectivity index (χ1n) is 11.7. The lowest BCUT2D eigenvalue weighted by molar-refractivity contribution is -0.671. The van der Waals surface area contributed by atoms with Gasteiger partial charge in [-0.3, -0.25) is 0 Å². The second-order valence-electron chi connectivity index (χ2n) is 8.88. The van der Waals surface area contributed by atoms with Gasteiger partial charge < -0.3 is 24.1 Å². The van der Waals surface area contributed by atoms with Crippen LogP contribution in [0.3, 0.4) is 0 Å². The van der Waals surface area contributed by atoms with Crippen LogP contribution in [0, 0.1) is 0 Å². The number of aliphatic carboxylic acids is 1. The number of rotatable bonds is 6. The number of fused-ring (bicyclic) bond motifs is 6. The first-order chi connectivity index (χ1) is 17.9. The molecule has 0 radical (unpaired) electrons. The molecule has 2 aliphatic rings. The maximum atomic E-state index is 13.0. The monoisotopic (exact) mass is 496 g/mol. The predicted octanol–water partition coefficient (Wildman–Crippen LogP) is 4.12. The van der Waals surface area contributed by atoms with E-state index >= 15 is 0 Å². The average Bonchev–Trinajstić information content (AvgIpc) is 3.19. The van der Waals surface area contributed by atoms with E-state index in [-0.39, 0.29) is 0 Å². The summed E-state index contributed by atoms with van der Waals surface area (Å²) in [7, 11) is 1.95. The van der Waals surface area contributed by atoms with Crippen LogP contribution >= 0.6 is 0 Å². The van der Waals surface area contributed by atoms with Gasteiger partial charge in [0.25, 0.3) is 0 Å². The van der Waals surface area contributed by atoms with Crippen molar-refractivity contribution < 1.29 is 38.2 Å². The molecule has 1 unspecified atom stereocenters. The standard InChI is InChI=1S/C29H21NO7/c1-30-12-10-18(11-13-30)16-34-19-6-8-23-25(14-19)36-26-15-20(35-17-27(31)32)7-9-24(26)29(23)22-5-3-2-4-21(22)28(33)37-29/h2-15H,16-17H2,1H3/p+1. The molecule has 1 spiro atoms. The predicted molar refractivity (Wildman–Crippen MR) is 130 cm³/mol. The number of carbonyl (C=O) groups excluding carboxylic acids is 1. The van der Waals surface area contributed by atoms with E-state index in [0.717, 1.165) is 5.56 Å². The van der Waals surface area contributed by atoms with Gasteiger partial charge in [0.2, 0.25) is 0 Å². The number of pyridine rings is 1. The Bertz CT molecular complexity index is 1550. The summed E-state index contributed by atoms with van der Waals surface area (Å²) in [6, 6.07) is 21.7. The van der Waals surface area contributed by atoms with Crippen LogP contribution in [0.1, 0.15) is 32.6 Å². The maximum absolute atomic E-state index is 13.0. The third-order valence-corrected chi connectivity index (χ3v) is 6.47. The molecule has 37 heavy (non-hydrogen) atoms. The Labute approximate surface area is 212 Å². The molecular weight excluding hydrogens is 474 g/mol. The molecule has 0 bridgehead atoms. The van der Waals surface area contributed by atoms with Crippen molar-refractivity contribution in [2.24, 2.45) is 7.05 Å². The highest BCUT2D eigenvalue weighted by atomic mass is 16.6. The van der Waals surface area contributed by atoms with Gasteiger partial charge in [-0.1, -0.05) is 18.2 Å². The Morgan fingerprint density at radius 1 is 0.892 bits per heavy atom. The highest BCUT2D eigenvalue weighted by Crippen LogP contribution is 2.57. The smallest absolute Gasteiger partial charge is 0.341 e. The van der Waals surface area contributed by atoms with Crippen LogP contribution in [0.25, 0.3) is 0 Å². The summed E-state index contributed by atoms with van der Waals surface area (Å²) in [6.45, 7) is -0.125. The number of carboxylic acids is 1. The minimum atomic E-state index is -1.23. The Hall–Kier alpha value is -4.85. The zero-order valence-corrected chi connectivity index (χ0v) is 19.8. The van der Waals surface area contributed by atoms with Crippen molar-refractivity contribution in [2.75, 3.05) is 6.61 Å². The third kappa shape index (κ3) is 3.83. The molecule has 1 N–H and O–H groups in total. The van der Waals surface area contributed by atoms with Gasteiger partial charge in [0.1, 0.15) is 36.7 Å². The fourth-order valence-electron chi connectivity index (χ4n) is 4.76. The summed E-state index contributed by atoms with van der Waals surface area (Å²) >= 11 is 0. The molecule has 0 amide bonds. The van der Waals surface area contributed by atoms with Gasteiger partial charge in [0.15, 0.2) is 24.6 Å². The van der Waals surface area contributed by atoms with E-state index < -0.39 is 24.1 Å². The van der Waals surface area contributed by atoms with Crippen molar-refractivity contribution >= 4 is 11.9 Å². The maximum Gasteiger partial charge on any atom is 0.341 e. The lowest BCUT2D eigenvalue weighted by atomic mass is 9.77. The van der Waals surface area contributed by atoms with Gasteiger partial charge in [0, 0.05) is 46.5 Å². The van der Waals surface area contributed by atoms with Gasteiger partial charge in [-0.15, -0.1) is 0 Å². The van der Waals surface area contributed by atoms with E-state index in [1.54, 1.807) is 36.4 Å². The first-order valence-corrected chi connectivity index (χ1v) is 11.7. The number of aryl methyl sites for hydroxylation is 1. The van der Waals surface area contributed by atoms with Crippen LogP contribution in [-0.2, 0) is 28.8 Å². The summed E-state index contributed by atoms with van der Waals surface area (Å²) in [6.07, 6.45) is 3.90. The SMILES string of the molecule is C[n+]1ccc(COc2ccc3c(c2)Oc2cc(OCC(=O)O)ccc2C32OC(=O)c3ccccc32)cc1. The molecule has 0 saturated heterocycles. The van der Waals surface area contributed by atoms with E-state index in [1.807, 2.05) is 60.4 Å². The van der Waals surface area contributed by atoms with Crippen LogP contribution < -0.4 is 18.8 Å². The Morgan fingerprint density at radius 2 is 1.54 bits per heavy atom. The molecule has 3 heterocycles. The summed E-state index contributed by atoms with van der Waals surface area (Å²) in [5, 5.41) is 9.00. The number of hydrogen-bond donors (Lipinski definition) is 1. The highest BCUT2D eigenvalue weighted by Gasteiger charge is 2.53. The molecule has 6 rings (SSSR count). The highest BCUT2D eigenvalue weighted by molar-refractivity contribution is 5.97. The summed E-state index contributed by atoms with van der Waals surface area (Å²) in [5.74, 6) is 0.242. The fourth-order valence-corrected chi connectivity index (χ4v) is 4.76. The van der Waals surface area contributed by atoms with E-state index in [2.05, 4.69) is 0 Å². The van der Waals surface area contributed by atoms with Gasteiger partial charge in [-0.25, -0.2) is 14.2 Å². The molecule has 8 heteroatoms. The molecule has 8 nitrogen and oxygen atoms in total. The minimum absolute atomic E-state index is 0.321. The van der Waals surface area contributed by atoms with Gasteiger partial charge >= 0.3 is 11.9 Å². The molecule has 1 atom stereocenters. The normalized spacial score (nSPS) is 16.7. The molecular formula is C29H22NO7+. The zero-order valence-electron chi connectivity index (χ0n) is 19.8. The molecule has 0 aliphatic carbocycles. The van der Waals surface area contributed by atoms with Crippen LogP contribution in [0.2, 0.25) is 0 Å². The number of carboxylic acid groups (broad SMARTS) is 1. The van der Waals surface area contributed by atoms with Crippen LogP contribution in [0.15, 0.2) is 85.2 Å². The number of nitrogens with zero attached hydrogens (tertiary/aromatic N) is 1. The number of aromatic nitrogens is 1. The summed E-state index contributed by atoms with van der Waals surface area (Å²) in [5.41, 5.74) is 2.25. The van der Waals surface area contributed by atoms with Gasteiger partial charge in [0.05, 0.1) is 5.56 Å². The molecule has 1 aromatic heterocycles. The quantitative estimate of drug-likeness (QED) is 0.317. The summed E-state index contributed by atoms with van der Waals surface area (Å²) < 4.78 is 25.7. The Balaban J connectivity index is 1.43. The van der Waals surface area contributed by atoms with Crippen molar-refractivity contribution in [1.82, 2.24) is 0 Å². The number of hydrogen-bond acceptors (Lipinski definition) is 6. The van der Waals surface area contributed by atoms with E-state index in [0.29, 0.717) is 51.9 Å². The molecule has 4 aromatic rings. The number of benzene rings is 3. The summed E-state index contributed by atoms with van der Waals surface area (Å²) in [4.78, 5) is 24.0. The van der Waals surface area contributed by atoms with Crippen LogP contribution in [0.4, 0.5) is 0 Å². The largest absolute Gasteiger partial charge is 0.489 e. The Morgan fingerprint density at radius 3 is 2.22 bits per heavy atom. The second-order valence-corrected chi connectivity index (χ2v) is 8.88. The van der Waals surface area contributed by atoms with Gasteiger partial charge in [-0.2, -0.15) is 0 Å². The molecule has 3 aromatic carbocycles. The lowest BCUT2D eigenvalue weighted by Crippen LogP contribution is -2.33. The van der Waals surface area contributed by atoms with Gasteiger partial charge in [-0.05, 0) is 30.3 Å². The molecule has 0 fully saturated rings. The minimum Gasteiger partial charge on any atom is -0.489 e. The average molecular weight is 496 g/mol. The van der Waals surface area contributed by atoms with Crippen LogP contribution in [0.5, 0.6) is 23.0 Å². The molecule has 2 aliphatic heterocycles. The third-order valence-electron chi connectivity index (χ3n) is 6.47. The van der Waals surface area contributed by atoms with Crippen molar-refractivity contribution in [1.29, 1.82) is 0 Å². The number of carbonyl (C=O) groups is 2. The van der Waals surface area contributed by atoms with E-state index in [4.69, 9.17) is 24.1 Å². The van der Waals surface area contributed by atoms with Crippen molar-refractivity contribution in [3.8, 4) is 23.0 Å². The van der Waals surface area contributed by atoms with Crippen molar-refractivity contribution in [3.63, 3.8) is 0 Å².